The SMILES string of the molecule is CCCn1ccnc1CNCCCOC1CCCCC1. The zero-order valence-electron chi connectivity index (χ0n) is 12.8. The Labute approximate surface area is 122 Å². The summed E-state index contributed by atoms with van der Waals surface area (Å²) in [5.74, 6) is 1.14. The van der Waals surface area contributed by atoms with Gasteiger partial charge in [0.2, 0.25) is 0 Å². The van der Waals surface area contributed by atoms with E-state index in [9.17, 15) is 0 Å². The Kier molecular flexibility index (Phi) is 7.09. The molecule has 1 aromatic heterocycles. The van der Waals surface area contributed by atoms with Gasteiger partial charge in [0.1, 0.15) is 5.82 Å². The van der Waals surface area contributed by atoms with Gasteiger partial charge in [-0.05, 0) is 32.2 Å². The lowest BCUT2D eigenvalue weighted by molar-refractivity contribution is 0.0273. The van der Waals surface area contributed by atoms with E-state index in [1.165, 1.54) is 32.1 Å². The number of rotatable bonds is 9. The van der Waals surface area contributed by atoms with Gasteiger partial charge in [0.15, 0.2) is 0 Å². The average Bonchev–Trinajstić information content (AvgIpc) is 2.92. The van der Waals surface area contributed by atoms with Crippen molar-refractivity contribution in [2.75, 3.05) is 13.2 Å². The molecule has 0 aliphatic heterocycles. The van der Waals surface area contributed by atoms with E-state index >= 15 is 0 Å². The van der Waals surface area contributed by atoms with E-state index in [0.29, 0.717) is 6.10 Å². The molecule has 4 heteroatoms. The molecule has 0 unspecified atom stereocenters. The number of aryl methyl sites for hydroxylation is 1. The Morgan fingerprint density at radius 1 is 1.35 bits per heavy atom. The summed E-state index contributed by atoms with van der Waals surface area (Å²) in [5, 5.41) is 3.46. The fraction of sp³-hybridized carbons (Fsp3) is 0.812. The van der Waals surface area contributed by atoms with Crippen molar-refractivity contribution in [1.82, 2.24) is 14.9 Å². The lowest BCUT2D eigenvalue weighted by Gasteiger charge is -2.21. The zero-order chi connectivity index (χ0) is 14.0. The molecule has 2 rings (SSSR count). The van der Waals surface area contributed by atoms with Crippen LogP contribution in [0, 0.1) is 0 Å². The Morgan fingerprint density at radius 2 is 2.20 bits per heavy atom. The molecule has 4 nitrogen and oxygen atoms in total. The van der Waals surface area contributed by atoms with E-state index in [1.807, 2.05) is 6.20 Å². The number of ether oxygens (including phenoxy) is 1. The first-order valence-electron chi connectivity index (χ1n) is 8.22. The van der Waals surface area contributed by atoms with Crippen molar-refractivity contribution in [3.63, 3.8) is 0 Å². The summed E-state index contributed by atoms with van der Waals surface area (Å²) < 4.78 is 8.15. The monoisotopic (exact) mass is 279 g/mol. The van der Waals surface area contributed by atoms with Crippen molar-refractivity contribution in [1.29, 1.82) is 0 Å². The molecular weight excluding hydrogens is 250 g/mol. The molecule has 1 heterocycles. The minimum Gasteiger partial charge on any atom is -0.378 e. The molecule has 0 aromatic carbocycles. The molecule has 1 fully saturated rings. The van der Waals surface area contributed by atoms with Gasteiger partial charge in [0.05, 0.1) is 12.6 Å². The molecule has 114 valence electrons. The fourth-order valence-corrected chi connectivity index (χ4v) is 2.83. The van der Waals surface area contributed by atoms with Crippen molar-refractivity contribution in [2.24, 2.45) is 0 Å². The number of aromatic nitrogens is 2. The molecule has 0 amide bonds. The molecule has 1 aromatic rings. The number of hydrogen-bond acceptors (Lipinski definition) is 3. The van der Waals surface area contributed by atoms with Crippen LogP contribution in [0.1, 0.15) is 57.7 Å². The molecule has 0 bridgehead atoms. The van der Waals surface area contributed by atoms with Crippen LogP contribution in [-0.2, 0) is 17.8 Å². The minimum atomic E-state index is 0.534. The van der Waals surface area contributed by atoms with Gasteiger partial charge in [-0.25, -0.2) is 4.98 Å². The van der Waals surface area contributed by atoms with Crippen LogP contribution in [0.4, 0.5) is 0 Å². The summed E-state index contributed by atoms with van der Waals surface area (Å²) in [5.41, 5.74) is 0. The van der Waals surface area contributed by atoms with Crippen molar-refractivity contribution in [2.45, 2.75) is 71.1 Å². The lowest BCUT2D eigenvalue weighted by Crippen LogP contribution is -2.22. The van der Waals surface area contributed by atoms with Gasteiger partial charge >= 0.3 is 0 Å². The van der Waals surface area contributed by atoms with Gasteiger partial charge in [0, 0.05) is 25.5 Å². The first kappa shape index (κ1) is 15.5. The minimum absolute atomic E-state index is 0.534. The van der Waals surface area contributed by atoms with Crippen LogP contribution in [0.3, 0.4) is 0 Å². The van der Waals surface area contributed by atoms with Gasteiger partial charge in [-0.3, -0.25) is 0 Å². The summed E-state index contributed by atoms with van der Waals surface area (Å²) in [6.45, 7) is 6.00. The third kappa shape index (κ3) is 5.25. The van der Waals surface area contributed by atoms with Crippen LogP contribution in [0.5, 0.6) is 0 Å². The van der Waals surface area contributed by atoms with Gasteiger partial charge in [-0.15, -0.1) is 0 Å². The lowest BCUT2D eigenvalue weighted by atomic mass is 9.98. The highest BCUT2D eigenvalue weighted by Crippen LogP contribution is 2.20. The normalized spacial score (nSPS) is 16.6. The second-order valence-corrected chi connectivity index (χ2v) is 5.70. The molecular formula is C16H29N3O. The molecule has 1 aliphatic rings. The van der Waals surface area contributed by atoms with Crippen molar-refractivity contribution in [3.05, 3.63) is 18.2 Å². The third-order valence-corrected chi connectivity index (χ3v) is 3.95. The molecule has 1 aliphatic carbocycles. The zero-order valence-corrected chi connectivity index (χ0v) is 12.8. The van der Waals surface area contributed by atoms with Gasteiger partial charge in [-0.1, -0.05) is 26.2 Å². The van der Waals surface area contributed by atoms with Gasteiger partial charge in [-0.2, -0.15) is 0 Å². The third-order valence-electron chi connectivity index (χ3n) is 3.95. The largest absolute Gasteiger partial charge is 0.378 e. The topological polar surface area (TPSA) is 39.1 Å². The highest BCUT2D eigenvalue weighted by atomic mass is 16.5. The number of imidazole rings is 1. The van der Waals surface area contributed by atoms with Crippen LogP contribution < -0.4 is 5.32 Å². The van der Waals surface area contributed by atoms with E-state index in [1.54, 1.807) is 0 Å². The van der Waals surface area contributed by atoms with E-state index < -0.39 is 0 Å². The first-order chi connectivity index (χ1) is 9.90. The molecule has 0 radical (unpaired) electrons. The molecule has 20 heavy (non-hydrogen) atoms. The van der Waals surface area contributed by atoms with Crippen LogP contribution in [0.15, 0.2) is 12.4 Å². The van der Waals surface area contributed by atoms with Crippen LogP contribution >= 0.6 is 0 Å². The predicted molar refractivity (Wildman–Crippen MR) is 81.7 cm³/mol. The number of nitrogens with one attached hydrogen (secondary N) is 1. The van der Waals surface area contributed by atoms with E-state index in [4.69, 9.17) is 4.74 Å². The summed E-state index contributed by atoms with van der Waals surface area (Å²) >= 11 is 0. The van der Waals surface area contributed by atoms with E-state index in [-0.39, 0.29) is 0 Å². The summed E-state index contributed by atoms with van der Waals surface area (Å²) in [7, 11) is 0. The Morgan fingerprint density at radius 3 is 3.00 bits per heavy atom. The highest BCUT2D eigenvalue weighted by molar-refractivity contribution is 4.91. The smallest absolute Gasteiger partial charge is 0.122 e. The van der Waals surface area contributed by atoms with Crippen molar-refractivity contribution < 1.29 is 4.74 Å². The highest BCUT2D eigenvalue weighted by Gasteiger charge is 2.12. The summed E-state index contributed by atoms with van der Waals surface area (Å²) in [4.78, 5) is 4.40. The maximum atomic E-state index is 5.92. The molecule has 0 atom stereocenters. The maximum absolute atomic E-state index is 5.92. The van der Waals surface area contributed by atoms with Crippen molar-refractivity contribution >= 4 is 0 Å². The van der Waals surface area contributed by atoms with E-state index in [0.717, 1.165) is 44.9 Å². The van der Waals surface area contributed by atoms with E-state index in [2.05, 4.69) is 28.0 Å². The summed E-state index contributed by atoms with van der Waals surface area (Å²) in [6.07, 6.45) is 13.4. The molecule has 1 N–H and O–H groups in total. The Hall–Kier alpha value is -0.870. The Bertz CT molecular complexity index is 358. The fourth-order valence-electron chi connectivity index (χ4n) is 2.83. The average molecular weight is 279 g/mol. The van der Waals surface area contributed by atoms with Gasteiger partial charge < -0.3 is 14.6 Å². The van der Waals surface area contributed by atoms with Gasteiger partial charge in [0.25, 0.3) is 0 Å². The standard InChI is InChI=1S/C16H29N3O/c1-2-11-19-12-10-18-16(19)14-17-9-6-13-20-15-7-4-3-5-8-15/h10,12,15,17H,2-9,11,13-14H2,1H3. The van der Waals surface area contributed by atoms with Crippen LogP contribution in [0.2, 0.25) is 0 Å². The number of hydrogen-bond donors (Lipinski definition) is 1. The quantitative estimate of drug-likeness (QED) is 0.706. The van der Waals surface area contributed by atoms with Crippen LogP contribution in [0.25, 0.3) is 0 Å². The van der Waals surface area contributed by atoms with Crippen LogP contribution in [-0.4, -0.2) is 28.8 Å². The molecule has 1 saturated carbocycles. The summed E-state index contributed by atoms with van der Waals surface area (Å²) in [6, 6.07) is 0. The first-order valence-corrected chi connectivity index (χ1v) is 8.22. The maximum Gasteiger partial charge on any atom is 0.122 e. The predicted octanol–water partition coefficient (Wildman–Crippen LogP) is 3.12. The Balaban J connectivity index is 1.51. The number of nitrogens with zero attached hydrogens (tertiary/aromatic N) is 2. The molecule has 0 saturated heterocycles. The second-order valence-electron chi connectivity index (χ2n) is 5.70. The molecule has 0 spiro atoms. The van der Waals surface area contributed by atoms with Crippen molar-refractivity contribution in [3.8, 4) is 0 Å². The second kappa shape index (κ2) is 9.14.